The lowest BCUT2D eigenvalue weighted by molar-refractivity contribution is 0.187. The summed E-state index contributed by atoms with van der Waals surface area (Å²) in [5, 5.41) is 3.47. The molecule has 0 aliphatic carbocycles. The fourth-order valence-electron chi connectivity index (χ4n) is 2.63. The zero-order valence-electron chi connectivity index (χ0n) is 9.98. The van der Waals surface area contributed by atoms with E-state index in [9.17, 15) is 8.42 Å². The number of hydrogen-bond acceptors (Lipinski definition) is 4. The molecule has 2 rings (SSSR count). The first kappa shape index (κ1) is 12.3. The first-order valence-electron chi connectivity index (χ1n) is 6.25. The molecule has 2 unspecified atom stereocenters. The maximum absolute atomic E-state index is 11.5. The molecular weight excluding hydrogens is 224 g/mol. The van der Waals surface area contributed by atoms with Gasteiger partial charge in [-0.1, -0.05) is 0 Å². The lowest BCUT2D eigenvalue weighted by atomic mass is 10.1. The van der Waals surface area contributed by atoms with Crippen molar-refractivity contribution in [3.63, 3.8) is 0 Å². The third-order valence-corrected chi connectivity index (χ3v) is 5.44. The highest BCUT2D eigenvalue weighted by Crippen LogP contribution is 2.19. The Kier molecular flexibility index (Phi) is 3.87. The summed E-state index contributed by atoms with van der Waals surface area (Å²) in [6.45, 7) is 5.33. The van der Waals surface area contributed by atoms with Crippen LogP contribution in [0.4, 0.5) is 0 Å². The molecule has 2 heterocycles. The molecule has 1 N–H and O–H groups in total. The Labute approximate surface area is 98.3 Å². The molecule has 0 spiro atoms. The molecule has 16 heavy (non-hydrogen) atoms. The largest absolute Gasteiger partial charge is 0.314 e. The van der Waals surface area contributed by atoms with Gasteiger partial charge in [0.05, 0.1) is 11.5 Å². The maximum atomic E-state index is 11.5. The van der Waals surface area contributed by atoms with Gasteiger partial charge in [-0.25, -0.2) is 8.42 Å². The molecule has 0 radical (unpaired) electrons. The molecule has 94 valence electrons. The summed E-state index contributed by atoms with van der Waals surface area (Å²) in [6, 6.07) is 0.844. The molecule has 0 saturated carbocycles. The molecule has 0 aromatic carbocycles. The summed E-state index contributed by atoms with van der Waals surface area (Å²) >= 11 is 0. The maximum Gasteiger partial charge on any atom is 0.151 e. The van der Waals surface area contributed by atoms with Gasteiger partial charge in [-0.3, -0.25) is 4.90 Å². The van der Waals surface area contributed by atoms with Crippen molar-refractivity contribution in [1.82, 2.24) is 10.2 Å². The van der Waals surface area contributed by atoms with Crippen LogP contribution in [0.15, 0.2) is 0 Å². The van der Waals surface area contributed by atoms with Crippen molar-refractivity contribution in [2.24, 2.45) is 0 Å². The Balaban J connectivity index is 1.92. The van der Waals surface area contributed by atoms with E-state index in [1.807, 2.05) is 0 Å². The molecule has 2 aliphatic rings. The third-order valence-electron chi connectivity index (χ3n) is 3.69. The van der Waals surface area contributed by atoms with Crippen LogP contribution < -0.4 is 5.32 Å². The summed E-state index contributed by atoms with van der Waals surface area (Å²) < 4.78 is 22.9. The molecule has 2 fully saturated rings. The minimum absolute atomic E-state index is 0.287. The summed E-state index contributed by atoms with van der Waals surface area (Å²) in [5.74, 6) is 0.775. The van der Waals surface area contributed by atoms with Crippen molar-refractivity contribution in [2.75, 3.05) is 31.1 Å². The van der Waals surface area contributed by atoms with Gasteiger partial charge in [0.2, 0.25) is 0 Å². The molecular formula is C11H22N2O2S. The second kappa shape index (κ2) is 5.02. The molecule has 0 amide bonds. The van der Waals surface area contributed by atoms with E-state index in [1.54, 1.807) is 0 Å². The monoisotopic (exact) mass is 246 g/mol. The van der Waals surface area contributed by atoms with Crippen LogP contribution in [0, 0.1) is 0 Å². The smallest absolute Gasteiger partial charge is 0.151 e. The summed E-state index contributed by atoms with van der Waals surface area (Å²) in [6.07, 6.45) is 3.08. The first-order chi connectivity index (χ1) is 7.57. The van der Waals surface area contributed by atoms with Crippen LogP contribution in [0.25, 0.3) is 0 Å². The van der Waals surface area contributed by atoms with Gasteiger partial charge in [0.1, 0.15) is 0 Å². The zero-order chi connectivity index (χ0) is 11.6. The van der Waals surface area contributed by atoms with Crippen LogP contribution >= 0.6 is 0 Å². The van der Waals surface area contributed by atoms with Crippen molar-refractivity contribution < 1.29 is 8.42 Å². The van der Waals surface area contributed by atoms with E-state index in [1.165, 1.54) is 0 Å². The number of rotatable bonds is 1. The van der Waals surface area contributed by atoms with Crippen molar-refractivity contribution in [1.29, 1.82) is 0 Å². The normalized spacial score (nSPS) is 36.8. The standard InChI is InChI=1S/C11H22N2O2S/c1-10-3-7-13(6-2-5-12-10)11-4-8-16(14,15)9-11/h10-12H,2-9H2,1H3. The lowest BCUT2D eigenvalue weighted by Crippen LogP contribution is -2.43. The number of nitrogens with zero attached hydrogens (tertiary/aromatic N) is 1. The Morgan fingerprint density at radius 1 is 1.25 bits per heavy atom. The molecule has 5 heteroatoms. The minimum atomic E-state index is -2.74. The highest BCUT2D eigenvalue weighted by Gasteiger charge is 2.32. The first-order valence-corrected chi connectivity index (χ1v) is 8.07. The third kappa shape index (κ3) is 3.18. The topological polar surface area (TPSA) is 49.4 Å². The molecule has 2 atom stereocenters. The molecule has 4 nitrogen and oxygen atoms in total. The van der Waals surface area contributed by atoms with Crippen molar-refractivity contribution in [3.8, 4) is 0 Å². The van der Waals surface area contributed by atoms with Gasteiger partial charge in [-0.15, -0.1) is 0 Å². The van der Waals surface area contributed by atoms with E-state index in [-0.39, 0.29) is 6.04 Å². The highest BCUT2D eigenvalue weighted by atomic mass is 32.2. The Hall–Kier alpha value is -0.130. The quantitative estimate of drug-likeness (QED) is 0.720. The predicted octanol–water partition coefficient (Wildman–Crippen LogP) is 0.247. The van der Waals surface area contributed by atoms with E-state index in [0.717, 1.165) is 38.9 Å². The second-order valence-corrected chi connectivity index (χ2v) is 7.32. The number of nitrogens with one attached hydrogen (secondary N) is 1. The van der Waals surface area contributed by atoms with Crippen LogP contribution in [-0.2, 0) is 9.84 Å². The average molecular weight is 246 g/mol. The minimum Gasteiger partial charge on any atom is -0.314 e. The van der Waals surface area contributed by atoms with Gasteiger partial charge in [-0.05, 0) is 45.8 Å². The Morgan fingerprint density at radius 2 is 2.06 bits per heavy atom. The summed E-state index contributed by atoms with van der Waals surface area (Å²) in [5.41, 5.74) is 0. The second-order valence-electron chi connectivity index (χ2n) is 5.09. The van der Waals surface area contributed by atoms with Gasteiger partial charge >= 0.3 is 0 Å². The highest BCUT2D eigenvalue weighted by molar-refractivity contribution is 7.91. The number of hydrogen-bond donors (Lipinski definition) is 1. The van der Waals surface area contributed by atoms with Crippen LogP contribution in [-0.4, -0.2) is 56.5 Å². The van der Waals surface area contributed by atoms with E-state index in [2.05, 4.69) is 17.1 Å². The van der Waals surface area contributed by atoms with Gasteiger partial charge in [0, 0.05) is 12.1 Å². The van der Waals surface area contributed by atoms with Crippen molar-refractivity contribution in [2.45, 2.75) is 38.3 Å². The molecule has 0 aromatic rings. The van der Waals surface area contributed by atoms with E-state index < -0.39 is 9.84 Å². The van der Waals surface area contributed by atoms with Crippen LogP contribution in [0.2, 0.25) is 0 Å². The van der Waals surface area contributed by atoms with E-state index >= 15 is 0 Å². The predicted molar refractivity (Wildman–Crippen MR) is 65.3 cm³/mol. The molecule has 2 aliphatic heterocycles. The van der Waals surface area contributed by atoms with E-state index in [0.29, 0.717) is 17.5 Å². The Morgan fingerprint density at radius 3 is 2.75 bits per heavy atom. The Bertz CT molecular complexity index is 329. The van der Waals surface area contributed by atoms with Gasteiger partial charge in [-0.2, -0.15) is 0 Å². The lowest BCUT2D eigenvalue weighted by Gasteiger charge is -2.31. The zero-order valence-corrected chi connectivity index (χ0v) is 10.8. The molecule has 0 aromatic heterocycles. The van der Waals surface area contributed by atoms with Gasteiger partial charge in [0.25, 0.3) is 0 Å². The van der Waals surface area contributed by atoms with Crippen molar-refractivity contribution in [3.05, 3.63) is 0 Å². The van der Waals surface area contributed by atoms with Gasteiger partial charge in [0.15, 0.2) is 9.84 Å². The average Bonchev–Trinajstić information content (AvgIpc) is 2.53. The number of sulfone groups is 1. The fraction of sp³-hybridized carbons (Fsp3) is 1.00. The summed E-state index contributed by atoms with van der Waals surface area (Å²) in [7, 11) is -2.74. The van der Waals surface area contributed by atoms with Crippen LogP contribution in [0.1, 0.15) is 26.2 Å². The molecule has 0 bridgehead atoms. The van der Waals surface area contributed by atoms with E-state index in [4.69, 9.17) is 0 Å². The van der Waals surface area contributed by atoms with Crippen LogP contribution in [0.5, 0.6) is 0 Å². The SMILES string of the molecule is CC1CCN(C2CCS(=O)(=O)C2)CCCN1. The molecule has 2 saturated heterocycles. The summed E-state index contributed by atoms with van der Waals surface area (Å²) in [4.78, 5) is 2.39. The van der Waals surface area contributed by atoms with Crippen LogP contribution in [0.3, 0.4) is 0 Å². The van der Waals surface area contributed by atoms with Gasteiger partial charge < -0.3 is 5.32 Å². The van der Waals surface area contributed by atoms with Crippen molar-refractivity contribution >= 4 is 9.84 Å². The fourth-order valence-corrected chi connectivity index (χ4v) is 4.39.